The minimum atomic E-state index is 0.0541. The van der Waals surface area contributed by atoms with Gasteiger partial charge in [0.1, 0.15) is 23.0 Å². The molecule has 0 bridgehead atoms. The van der Waals surface area contributed by atoms with E-state index in [1.54, 1.807) is 28.4 Å². The molecule has 0 radical (unpaired) electrons. The standard InChI is InChI=1S/C23H33NO4/c1-23(2,3)24-13-12-18(19-10-8-16(25-4)14-21(19)27-6)20-11-9-17(26-5)15-22(20)28-7/h8-11,14-15,18,24H,12-13H2,1-7H3. The van der Waals surface area contributed by atoms with Gasteiger partial charge in [0, 0.05) is 34.7 Å². The van der Waals surface area contributed by atoms with Gasteiger partial charge in [0.05, 0.1) is 28.4 Å². The zero-order valence-electron chi connectivity index (χ0n) is 18.1. The maximum atomic E-state index is 5.69. The molecular formula is C23H33NO4. The monoisotopic (exact) mass is 387 g/mol. The number of methoxy groups -OCH3 is 4. The molecule has 2 aromatic carbocycles. The van der Waals surface area contributed by atoms with Crippen LogP contribution in [0.3, 0.4) is 0 Å². The Kier molecular flexibility index (Phi) is 7.58. The van der Waals surface area contributed by atoms with Gasteiger partial charge in [-0.1, -0.05) is 12.1 Å². The summed E-state index contributed by atoms with van der Waals surface area (Å²) < 4.78 is 22.1. The first-order valence-corrected chi connectivity index (χ1v) is 9.51. The maximum Gasteiger partial charge on any atom is 0.126 e. The van der Waals surface area contributed by atoms with Crippen molar-refractivity contribution in [2.24, 2.45) is 0 Å². The van der Waals surface area contributed by atoms with E-state index in [-0.39, 0.29) is 11.5 Å². The van der Waals surface area contributed by atoms with Crippen LogP contribution in [0.1, 0.15) is 44.2 Å². The molecule has 0 spiro atoms. The van der Waals surface area contributed by atoms with E-state index < -0.39 is 0 Å². The Hall–Kier alpha value is -2.40. The van der Waals surface area contributed by atoms with Crippen LogP contribution in [0.2, 0.25) is 0 Å². The first-order chi connectivity index (χ1) is 13.3. The molecule has 0 aliphatic carbocycles. The lowest BCUT2D eigenvalue weighted by Crippen LogP contribution is -2.37. The lowest BCUT2D eigenvalue weighted by Gasteiger charge is -2.26. The molecule has 0 atom stereocenters. The van der Waals surface area contributed by atoms with E-state index in [1.165, 1.54) is 0 Å². The molecule has 0 saturated carbocycles. The number of rotatable bonds is 9. The van der Waals surface area contributed by atoms with Gasteiger partial charge in [0.25, 0.3) is 0 Å². The van der Waals surface area contributed by atoms with Crippen LogP contribution in [-0.2, 0) is 0 Å². The molecule has 154 valence electrons. The van der Waals surface area contributed by atoms with Crippen molar-refractivity contribution >= 4 is 0 Å². The van der Waals surface area contributed by atoms with Gasteiger partial charge in [-0.2, -0.15) is 0 Å². The van der Waals surface area contributed by atoms with Crippen molar-refractivity contribution in [2.75, 3.05) is 35.0 Å². The summed E-state index contributed by atoms with van der Waals surface area (Å²) in [6, 6.07) is 11.9. The van der Waals surface area contributed by atoms with Crippen molar-refractivity contribution in [1.82, 2.24) is 5.32 Å². The van der Waals surface area contributed by atoms with Gasteiger partial charge in [-0.3, -0.25) is 0 Å². The zero-order chi connectivity index (χ0) is 20.7. The Morgan fingerprint density at radius 3 is 1.57 bits per heavy atom. The van der Waals surface area contributed by atoms with E-state index in [0.29, 0.717) is 0 Å². The maximum absolute atomic E-state index is 5.69. The summed E-state index contributed by atoms with van der Waals surface area (Å²) in [5.41, 5.74) is 2.25. The lowest BCUT2D eigenvalue weighted by molar-refractivity contribution is 0.378. The van der Waals surface area contributed by atoms with Gasteiger partial charge in [0.15, 0.2) is 0 Å². The molecule has 0 saturated heterocycles. The third-order valence-corrected chi connectivity index (χ3v) is 4.72. The highest BCUT2D eigenvalue weighted by atomic mass is 16.5. The number of nitrogens with one attached hydrogen (secondary N) is 1. The van der Waals surface area contributed by atoms with Gasteiger partial charge in [-0.15, -0.1) is 0 Å². The Morgan fingerprint density at radius 2 is 1.21 bits per heavy atom. The SMILES string of the molecule is COc1ccc(C(CCNC(C)(C)C)c2ccc(OC)cc2OC)c(OC)c1. The second kappa shape index (κ2) is 9.69. The third kappa shape index (κ3) is 5.55. The molecular weight excluding hydrogens is 354 g/mol. The predicted molar refractivity (Wildman–Crippen MR) is 113 cm³/mol. The minimum absolute atomic E-state index is 0.0541. The largest absolute Gasteiger partial charge is 0.497 e. The van der Waals surface area contributed by atoms with Gasteiger partial charge in [-0.05, 0) is 45.9 Å². The fraction of sp³-hybridized carbons (Fsp3) is 0.478. The number of benzene rings is 2. The fourth-order valence-electron chi connectivity index (χ4n) is 3.28. The molecule has 0 fully saturated rings. The summed E-state index contributed by atoms with van der Waals surface area (Å²) in [5.74, 6) is 3.25. The van der Waals surface area contributed by atoms with Crippen LogP contribution in [0.5, 0.6) is 23.0 Å². The summed E-state index contributed by atoms with van der Waals surface area (Å²) in [7, 11) is 6.69. The van der Waals surface area contributed by atoms with Crippen LogP contribution in [0.25, 0.3) is 0 Å². The van der Waals surface area contributed by atoms with Crippen molar-refractivity contribution < 1.29 is 18.9 Å². The van der Waals surface area contributed by atoms with E-state index in [4.69, 9.17) is 18.9 Å². The lowest BCUT2D eigenvalue weighted by atomic mass is 9.86. The van der Waals surface area contributed by atoms with Crippen molar-refractivity contribution in [1.29, 1.82) is 0 Å². The molecule has 0 unspecified atom stereocenters. The Morgan fingerprint density at radius 1 is 0.750 bits per heavy atom. The topological polar surface area (TPSA) is 49.0 Å². The summed E-state index contributed by atoms with van der Waals surface area (Å²) in [6.07, 6.45) is 0.892. The van der Waals surface area contributed by atoms with Gasteiger partial charge in [-0.25, -0.2) is 0 Å². The molecule has 0 amide bonds. The van der Waals surface area contributed by atoms with E-state index in [1.807, 2.05) is 24.3 Å². The fourth-order valence-corrected chi connectivity index (χ4v) is 3.28. The van der Waals surface area contributed by atoms with Crippen LogP contribution in [0, 0.1) is 0 Å². The molecule has 0 aliphatic heterocycles. The van der Waals surface area contributed by atoms with E-state index in [2.05, 4.69) is 38.2 Å². The van der Waals surface area contributed by atoms with Crippen LogP contribution < -0.4 is 24.3 Å². The van der Waals surface area contributed by atoms with Crippen LogP contribution in [0.15, 0.2) is 36.4 Å². The molecule has 28 heavy (non-hydrogen) atoms. The molecule has 0 aliphatic rings. The molecule has 5 heteroatoms. The minimum Gasteiger partial charge on any atom is -0.497 e. The average molecular weight is 388 g/mol. The number of ether oxygens (including phenoxy) is 4. The highest BCUT2D eigenvalue weighted by Gasteiger charge is 2.23. The Balaban J connectivity index is 2.49. The van der Waals surface area contributed by atoms with Gasteiger partial charge >= 0.3 is 0 Å². The molecule has 2 rings (SSSR count). The van der Waals surface area contributed by atoms with Crippen molar-refractivity contribution in [3.8, 4) is 23.0 Å². The molecule has 0 aromatic heterocycles. The van der Waals surface area contributed by atoms with Crippen molar-refractivity contribution in [3.05, 3.63) is 47.5 Å². The first kappa shape index (κ1) is 21.9. The number of hydrogen-bond acceptors (Lipinski definition) is 5. The number of hydrogen-bond donors (Lipinski definition) is 1. The smallest absolute Gasteiger partial charge is 0.126 e. The molecule has 1 N–H and O–H groups in total. The normalized spacial score (nSPS) is 11.4. The molecule has 2 aromatic rings. The summed E-state index contributed by atoms with van der Waals surface area (Å²) >= 11 is 0. The van der Waals surface area contributed by atoms with Gasteiger partial charge in [0.2, 0.25) is 0 Å². The highest BCUT2D eigenvalue weighted by molar-refractivity contribution is 5.51. The quantitative estimate of drug-likeness (QED) is 0.680. The van der Waals surface area contributed by atoms with Crippen LogP contribution in [-0.4, -0.2) is 40.5 Å². The third-order valence-electron chi connectivity index (χ3n) is 4.72. The van der Waals surface area contributed by atoms with E-state index >= 15 is 0 Å². The second-order valence-electron chi connectivity index (χ2n) is 7.73. The zero-order valence-corrected chi connectivity index (χ0v) is 18.1. The van der Waals surface area contributed by atoms with Crippen LogP contribution >= 0.6 is 0 Å². The second-order valence-corrected chi connectivity index (χ2v) is 7.73. The summed E-state index contributed by atoms with van der Waals surface area (Å²) in [4.78, 5) is 0. The summed E-state index contributed by atoms with van der Waals surface area (Å²) in [5, 5.41) is 3.58. The Bertz CT molecular complexity index is 712. The molecule has 0 heterocycles. The summed E-state index contributed by atoms with van der Waals surface area (Å²) in [6.45, 7) is 7.37. The predicted octanol–water partition coefficient (Wildman–Crippen LogP) is 4.63. The Labute approximate surface area is 169 Å². The highest BCUT2D eigenvalue weighted by Crippen LogP contribution is 2.41. The van der Waals surface area contributed by atoms with E-state index in [9.17, 15) is 0 Å². The van der Waals surface area contributed by atoms with Gasteiger partial charge < -0.3 is 24.3 Å². The van der Waals surface area contributed by atoms with Crippen molar-refractivity contribution in [2.45, 2.75) is 38.6 Å². The average Bonchev–Trinajstić information content (AvgIpc) is 2.69. The van der Waals surface area contributed by atoms with E-state index in [0.717, 1.165) is 47.1 Å². The first-order valence-electron chi connectivity index (χ1n) is 9.51. The molecule has 5 nitrogen and oxygen atoms in total. The van der Waals surface area contributed by atoms with Crippen LogP contribution in [0.4, 0.5) is 0 Å². The van der Waals surface area contributed by atoms with Crippen molar-refractivity contribution in [3.63, 3.8) is 0 Å².